The lowest BCUT2D eigenvalue weighted by atomic mass is 10.1. The van der Waals surface area contributed by atoms with Crippen LogP contribution in [-0.2, 0) is 11.2 Å². The Morgan fingerprint density at radius 1 is 1.23 bits per heavy atom. The van der Waals surface area contributed by atoms with Gasteiger partial charge in [0.15, 0.2) is 0 Å². The van der Waals surface area contributed by atoms with Crippen molar-refractivity contribution in [3.63, 3.8) is 0 Å². The van der Waals surface area contributed by atoms with Gasteiger partial charge in [-0.3, -0.25) is 14.9 Å². The van der Waals surface area contributed by atoms with Gasteiger partial charge in [-0.25, -0.2) is 0 Å². The number of carbonyl (C=O) groups is 1. The highest BCUT2D eigenvalue weighted by Crippen LogP contribution is 2.22. The highest BCUT2D eigenvalue weighted by molar-refractivity contribution is 9.10. The number of non-ortho nitro benzene ring substituents is 1. The topological polar surface area (TPSA) is 72.2 Å². The molecule has 1 N–H and O–H groups in total. The van der Waals surface area contributed by atoms with Gasteiger partial charge in [0.25, 0.3) is 5.69 Å². The largest absolute Gasteiger partial charge is 0.349 e. The molecule has 0 aliphatic rings. The number of nitro groups is 1. The fourth-order valence-corrected chi connectivity index (χ4v) is 2.75. The van der Waals surface area contributed by atoms with Crippen molar-refractivity contribution in [1.29, 1.82) is 0 Å². The van der Waals surface area contributed by atoms with Gasteiger partial charge in [-0.2, -0.15) is 0 Å². The molecule has 0 radical (unpaired) electrons. The van der Waals surface area contributed by atoms with E-state index in [1.807, 2.05) is 31.2 Å². The third-order valence-corrected chi connectivity index (χ3v) is 3.98. The second-order valence-electron chi connectivity index (χ2n) is 4.91. The third-order valence-electron chi connectivity index (χ3n) is 3.26. The fourth-order valence-electron chi connectivity index (χ4n) is 2.12. The number of benzene rings is 2. The Balaban J connectivity index is 1.98. The molecule has 5 nitrogen and oxygen atoms in total. The molecule has 0 aromatic heterocycles. The Morgan fingerprint density at radius 2 is 1.86 bits per heavy atom. The maximum Gasteiger partial charge on any atom is 0.269 e. The maximum atomic E-state index is 12.1. The van der Waals surface area contributed by atoms with Crippen LogP contribution in [0.1, 0.15) is 24.1 Å². The molecule has 0 unspecified atom stereocenters. The summed E-state index contributed by atoms with van der Waals surface area (Å²) in [5.41, 5.74) is 1.76. The van der Waals surface area contributed by atoms with Crippen LogP contribution in [0.5, 0.6) is 0 Å². The third kappa shape index (κ3) is 4.14. The van der Waals surface area contributed by atoms with E-state index in [9.17, 15) is 14.9 Å². The van der Waals surface area contributed by atoms with Gasteiger partial charge in [-0.05, 0) is 24.1 Å². The lowest BCUT2D eigenvalue weighted by molar-refractivity contribution is -0.384. The van der Waals surface area contributed by atoms with Crippen LogP contribution in [0.15, 0.2) is 53.0 Å². The quantitative estimate of drug-likeness (QED) is 0.649. The van der Waals surface area contributed by atoms with Gasteiger partial charge >= 0.3 is 0 Å². The van der Waals surface area contributed by atoms with Gasteiger partial charge in [0.05, 0.1) is 17.4 Å². The molecule has 0 saturated heterocycles. The Labute approximate surface area is 136 Å². The van der Waals surface area contributed by atoms with Gasteiger partial charge in [0, 0.05) is 16.6 Å². The summed E-state index contributed by atoms with van der Waals surface area (Å²) >= 11 is 3.46. The van der Waals surface area contributed by atoms with E-state index in [2.05, 4.69) is 21.2 Å². The van der Waals surface area contributed by atoms with Crippen molar-refractivity contribution in [1.82, 2.24) is 5.32 Å². The first-order chi connectivity index (χ1) is 10.5. The van der Waals surface area contributed by atoms with Crippen LogP contribution in [0.25, 0.3) is 0 Å². The summed E-state index contributed by atoms with van der Waals surface area (Å²) in [5.74, 6) is -0.128. The Bertz CT molecular complexity index is 686. The standard InChI is InChI=1S/C16H15BrN2O3/c1-11(14-4-2-3-5-15(14)17)18-16(20)10-12-6-8-13(9-7-12)19(21)22/h2-9,11H,10H2,1H3,(H,18,20)/t11-/m0/s1. The number of carbonyl (C=O) groups excluding carboxylic acids is 1. The Hall–Kier alpha value is -2.21. The summed E-state index contributed by atoms with van der Waals surface area (Å²) in [4.78, 5) is 22.2. The molecule has 0 bridgehead atoms. The lowest BCUT2D eigenvalue weighted by Gasteiger charge is -2.15. The van der Waals surface area contributed by atoms with Crippen molar-refractivity contribution >= 4 is 27.5 Å². The minimum Gasteiger partial charge on any atom is -0.349 e. The van der Waals surface area contributed by atoms with Crippen LogP contribution in [0.2, 0.25) is 0 Å². The molecular formula is C16H15BrN2O3. The molecule has 6 heteroatoms. The van der Waals surface area contributed by atoms with Gasteiger partial charge in [0.2, 0.25) is 5.91 Å². The van der Waals surface area contributed by atoms with Gasteiger partial charge < -0.3 is 5.32 Å². The van der Waals surface area contributed by atoms with E-state index in [0.29, 0.717) is 0 Å². The van der Waals surface area contributed by atoms with Crippen LogP contribution in [-0.4, -0.2) is 10.8 Å². The number of nitrogens with one attached hydrogen (secondary N) is 1. The van der Waals surface area contributed by atoms with Crippen molar-refractivity contribution in [2.45, 2.75) is 19.4 Å². The number of nitrogens with zero attached hydrogens (tertiary/aromatic N) is 1. The van der Waals surface area contributed by atoms with Crippen LogP contribution in [0, 0.1) is 10.1 Å². The van der Waals surface area contributed by atoms with Gasteiger partial charge in [-0.1, -0.05) is 46.3 Å². The van der Waals surface area contributed by atoms with E-state index < -0.39 is 4.92 Å². The number of hydrogen-bond donors (Lipinski definition) is 1. The van der Waals surface area contributed by atoms with E-state index in [0.717, 1.165) is 15.6 Å². The van der Waals surface area contributed by atoms with E-state index in [-0.39, 0.29) is 24.1 Å². The molecular weight excluding hydrogens is 348 g/mol. The van der Waals surface area contributed by atoms with E-state index in [1.54, 1.807) is 12.1 Å². The molecule has 1 atom stereocenters. The van der Waals surface area contributed by atoms with E-state index in [4.69, 9.17) is 0 Å². The second-order valence-corrected chi connectivity index (χ2v) is 5.77. The molecule has 0 saturated carbocycles. The number of rotatable bonds is 5. The average molecular weight is 363 g/mol. The number of nitro benzene ring substituents is 1. The molecule has 0 spiro atoms. The normalized spacial score (nSPS) is 11.7. The molecule has 1 amide bonds. The lowest BCUT2D eigenvalue weighted by Crippen LogP contribution is -2.28. The first-order valence-electron chi connectivity index (χ1n) is 6.74. The summed E-state index contributed by atoms with van der Waals surface area (Å²) in [7, 11) is 0. The number of halogens is 1. The minimum atomic E-state index is -0.459. The molecule has 22 heavy (non-hydrogen) atoms. The van der Waals surface area contributed by atoms with Crippen LogP contribution in [0.4, 0.5) is 5.69 Å². The zero-order chi connectivity index (χ0) is 16.1. The minimum absolute atomic E-state index is 0.0192. The van der Waals surface area contributed by atoms with Crippen LogP contribution >= 0.6 is 15.9 Å². The molecule has 0 heterocycles. The highest BCUT2D eigenvalue weighted by atomic mass is 79.9. The van der Waals surface area contributed by atoms with Gasteiger partial charge in [0.1, 0.15) is 0 Å². The zero-order valence-electron chi connectivity index (χ0n) is 12.0. The number of hydrogen-bond acceptors (Lipinski definition) is 3. The Kier molecular flexibility index (Phi) is 5.27. The van der Waals surface area contributed by atoms with E-state index in [1.165, 1.54) is 12.1 Å². The predicted octanol–water partition coefficient (Wildman–Crippen LogP) is 3.78. The summed E-state index contributed by atoms with van der Waals surface area (Å²) < 4.78 is 0.943. The fraction of sp³-hybridized carbons (Fsp3) is 0.188. The molecule has 0 aliphatic heterocycles. The second kappa shape index (κ2) is 7.17. The summed E-state index contributed by atoms with van der Waals surface area (Å²) in [6.45, 7) is 1.91. The van der Waals surface area contributed by atoms with Crippen molar-refractivity contribution < 1.29 is 9.72 Å². The molecule has 0 aliphatic carbocycles. The van der Waals surface area contributed by atoms with Gasteiger partial charge in [-0.15, -0.1) is 0 Å². The van der Waals surface area contributed by atoms with Crippen molar-refractivity contribution in [2.24, 2.45) is 0 Å². The average Bonchev–Trinajstić information content (AvgIpc) is 2.48. The molecule has 114 valence electrons. The smallest absolute Gasteiger partial charge is 0.269 e. The van der Waals surface area contributed by atoms with E-state index >= 15 is 0 Å². The number of amides is 1. The first-order valence-corrected chi connectivity index (χ1v) is 7.54. The monoisotopic (exact) mass is 362 g/mol. The maximum absolute atomic E-state index is 12.1. The highest BCUT2D eigenvalue weighted by Gasteiger charge is 2.13. The van der Waals surface area contributed by atoms with Crippen molar-refractivity contribution in [2.75, 3.05) is 0 Å². The van der Waals surface area contributed by atoms with Crippen LogP contribution in [0.3, 0.4) is 0 Å². The SMILES string of the molecule is C[C@H](NC(=O)Cc1ccc([N+](=O)[O-])cc1)c1ccccc1Br. The Morgan fingerprint density at radius 3 is 2.45 bits per heavy atom. The molecule has 2 aromatic rings. The van der Waals surface area contributed by atoms with Crippen molar-refractivity contribution in [3.05, 3.63) is 74.2 Å². The molecule has 2 rings (SSSR count). The first kappa shape index (κ1) is 16.2. The summed E-state index contributed by atoms with van der Waals surface area (Å²) in [5, 5.41) is 13.5. The summed E-state index contributed by atoms with van der Waals surface area (Å²) in [6.07, 6.45) is 0.187. The summed E-state index contributed by atoms with van der Waals surface area (Å²) in [6, 6.07) is 13.6. The zero-order valence-corrected chi connectivity index (χ0v) is 13.5. The van der Waals surface area contributed by atoms with Crippen molar-refractivity contribution in [3.8, 4) is 0 Å². The van der Waals surface area contributed by atoms with Crippen LogP contribution < -0.4 is 5.32 Å². The molecule has 2 aromatic carbocycles. The molecule has 0 fully saturated rings. The predicted molar refractivity (Wildman–Crippen MR) is 87.5 cm³/mol.